The largest absolute Gasteiger partial charge is 0.330 e. The first-order chi connectivity index (χ1) is 6.66. The second-order valence-corrected chi connectivity index (χ2v) is 4.03. The molecule has 0 aliphatic rings. The zero-order chi connectivity index (χ0) is 10.6. The SMILES string of the molecule is NCCC[C@H](N)c1c(F)cccc1Br. The van der Waals surface area contributed by atoms with Crippen molar-refractivity contribution in [2.45, 2.75) is 18.9 Å². The molecule has 4 heteroatoms. The molecular weight excluding hydrogens is 247 g/mol. The first-order valence-electron chi connectivity index (χ1n) is 4.56. The van der Waals surface area contributed by atoms with Gasteiger partial charge in [0.15, 0.2) is 0 Å². The fourth-order valence-corrected chi connectivity index (χ4v) is 1.98. The van der Waals surface area contributed by atoms with E-state index in [-0.39, 0.29) is 11.9 Å². The van der Waals surface area contributed by atoms with Crippen LogP contribution in [0.4, 0.5) is 4.39 Å². The van der Waals surface area contributed by atoms with Gasteiger partial charge >= 0.3 is 0 Å². The van der Waals surface area contributed by atoms with E-state index >= 15 is 0 Å². The summed E-state index contributed by atoms with van der Waals surface area (Å²) in [5.41, 5.74) is 11.8. The van der Waals surface area contributed by atoms with Gasteiger partial charge in [0, 0.05) is 16.1 Å². The highest BCUT2D eigenvalue weighted by atomic mass is 79.9. The van der Waals surface area contributed by atoms with E-state index in [2.05, 4.69) is 15.9 Å². The molecule has 0 radical (unpaired) electrons. The number of benzene rings is 1. The van der Waals surface area contributed by atoms with Gasteiger partial charge in [-0.05, 0) is 31.5 Å². The minimum atomic E-state index is -0.283. The molecule has 4 N–H and O–H groups in total. The standard InChI is InChI=1S/C10H14BrFN2/c11-7-3-1-4-8(12)10(7)9(14)5-2-6-13/h1,3-4,9H,2,5-6,13-14H2/t9-/m0/s1. The molecule has 0 bridgehead atoms. The summed E-state index contributed by atoms with van der Waals surface area (Å²) in [5.74, 6) is -0.260. The summed E-state index contributed by atoms with van der Waals surface area (Å²) in [7, 11) is 0. The van der Waals surface area contributed by atoms with E-state index in [1.54, 1.807) is 12.1 Å². The molecule has 0 saturated heterocycles. The third kappa shape index (κ3) is 2.77. The van der Waals surface area contributed by atoms with Crippen molar-refractivity contribution < 1.29 is 4.39 Å². The van der Waals surface area contributed by atoms with Crippen LogP contribution in [0.2, 0.25) is 0 Å². The van der Waals surface area contributed by atoms with Crippen LogP contribution in [0.25, 0.3) is 0 Å². The predicted octanol–water partition coefficient (Wildman–Crippen LogP) is 2.33. The summed E-state index contributed by atoms with van der Waals surface area (Å²) in [6.45, 7) is 0.583. The normalized spacial score (nSPS) is 12.9. The highest BCUT2D eigenvalue weighted by Crippen LogP contribution is 2.27. The molecule has 1 aromatic carbocycles. The molecule has 14 heavy (non-hydrogen) atoms. The molecule has 0 heterocycles. The van der Waals surface area contributed by atoms with Crippen LogP contribution in [0.5, 0.6) is 0 Å². The van der Waals surface area contributed by atoms with Crippen LogP contribution in [0.3, 0.4) is 0 Å². The third-order valence-electron chi connectivity index (χ3n) is 2.09. The van der Waals surface area contributed by atoms with Gasteiger partial charge in [0.25, 0.3) is 0 Å². The highest BCUT2D eigenvalue weighted by Gasteiger charge is 2.13. The maximum absolute atomic E-state index is 13.4. The van der Waals surface area contributed by atoms with Gasteiger partial charge < -0.3 is 11.5 Å². The van der Waals surface area contributed by atoms with Crippen LogP contribution < -0.4 is 11.5 Å². The molecule has 0 aliphatic carbocycles. The van der Waals surface area contributed by atoms with Crippen LogP contribution in [0.1, 0.15) is 24.4 Å². The van der Waals surface area contributed by atoms with E-state index < -0.39 is 0 Å². The van der Waals surface area contributed by atoms with E-state index in [4.69, 9.17) is 11.5 Å². The van der Waals surface area contributed by atoms with Crippen molar-refractivity contribution in [3.05, 3.63) is 34.1 Å². The van der Waals surface area contributed by atoms with Crippen LogP contribution in [0.15, 0.2) is 22.7 Å². The third-order valence-corrected chi connectivity index (χ3v) is 2.78. The fourth-order valence-electron chi connectivity index (χ4n) is 1.35. The molecule has 0 saturated carbocycles. The number of nitrogens with two attached hydrogens (primary N) is 2. The van der Waals surface area contributed by atoms with Crippen LogP contribution in [0, 0.1) is 5.82 Å². The summed E-state index contributed by atoms with van der Waals surface area (Å²) in [5, 5.41) is 0. The van der Waals surface area contributed by atoms with Gasteiger partial charge in [0.2, 0.25) is 0 Å². The number of hydrogen-bond acceptors (Lipinski definition) is 2. The molecule has 1 atom stereocenters. The lowest BCUT2D eigenvalue weighted by Gasteiger charge is -2.14. The first kappa shape index (κ1) is 11.6. The fraction of sp³-hybridized carbons (Fsp3) is 0.400. The van der Waals surface area contributed by atoms with Crippen LogP contribution in [-0.2, 0) is 0 Å². The van der Waals surface area contributed by atoms with E-state index in [9.17, 15) is 4.39 Å². The maximum atomic E-state index is 13.4. The Hall–Kier alpha value is -0.450. The molecule has 0 amide bonds. The summed E-state index contributed by atoms with van der Waals surface area (Å²) >= 11 is 3.29. The zero-order valence-corrected chi connectivity index (χ0v) is 9.43. The maximum Gasteiger partial charge on any atom is 0.129 e. The molecule has 0 unspecified atom stereocenters. The summed E-state index contributed by atoms with van der Waals surface area (Å²) in [4.78, 5) is 0. The monoisotopic (exact) mass is 260 g/mol. The van der Waals surface area contributed by atoms with Crippen molar-refractivity contribution in [3.8, 4) is 0 Å². The van der Waals surface area contributed by atoms with Gasteiger partial charge in [-0.1, -0.05) is 22.0 Å². The molecule has 0 aliphatic heterocycles. The van der Waals surface area contributed by atoms with Crippen molar-refractivity contribution in [2.24, 2.45) is 11.5 Å². The lowest BCUT2D eigenvalue weighted by atomic mass is 10.0. The van der Waals surface area contributed by atoms with Gasteiger partial charge in [-0.15, -0.1) is 0 Å². The van der Waals surface area contributed by atoms with Crippen LogP contribution >= 0.6 is 15.9 Å². The molecule has 0 spiro atoms. The smallest absolute Gasteiger partial charge is 0.129 e. The van der Waals surface area contributed by atoms with Crippen molar-refractivity contribution >= 4 is 15.9 Å². The molecule has 0 fully saturated rings. The van der Waals surface area contributed by atoms with E-state index in [1.807, 2.05) is 0 Å². The molecule has 0 aromatic heterocycles. The van der Waals surface area contributed by atoms with Crippen molar-refractivity contribution in [3.63, 3.8) is 0 Å². The molecular formula is C10H14BrFN2. The molecule has 2 nitrogen and oxygen atoms in total. The average molecular weight is 261 g/mol. The Labute approximate surface area is 91.6 Å². The van der Waals surface area contributed by atoms with E-state index in [1.165, 1.54) is 6.07 Å². The van der Waals surface area contributed by atoms with Crippen molar-refractivity contribution in [2.75, 3.05) is 6.54 Å². The van der Waals surface area contributed by atoms with Crippen molar-refractivity contribution in [1.29, 1.82) is 0 Å². The lowest BCUT2D eigenvalue weighted by molar-refractivity contribution is 0.551. The Kier molecular flexibility index (Phi) is 4.51. The zero-order valence-electron chi connectivity index (χ0n) is 7.84. The Morgan fingerprint density at radius 1 is 1.43 bits per heavy atom. The van der Waals surface area contributed by atoms with Gasteiger partial charge in [0.05, 0.1) is 0 Å². The average Bonchev–Trinajstić information content (AvgIpc) is 2.14. The quantitative estimate of drug-likeness (QED) is 0.873. The second kappa shape index (κ2) is 5.44. The van der Waals surface area contributed by atoms with Gasteiger partial charge in [-0.3, -0.25) is 0 Å². The lowest BCUT2D eigenvalue weighted by Crippen LogP contribution is -2.14. The van der Waals surface area contributed by atoms with E-state index in [0.717, 1.165) is 10.9 Å². The Morgan fingerprint density at radius 2 is 2.14 bits per heavy atom. The van der Waals surface area contributed by atoms with Gasteiger partial charge in [-0.2, -0.15) is 0 Å². The topological polar surface area (TPSA) is 52.0 Å². The first-order valence-corrected chi connectivity index (χ1v) is 5.35. The Morgan fingerprint density at radius 3 is 2.71 bits per heavy atom. The summed E-state index contributed by atoms with van der Waals surface area (Å²) in [6, 6.07) is 4.58. The predicted molar refractivity (Wildman–Crippen MR) is 59.3 cm³/mol. The number of rotatable bonds is 4. The van der Waals surface area contributed by atoms with Crippen molar-refractivity contribution in [1.82, 2.24) is 0 Å². The van der Waals surface area contributed by atoms with E-state index in [0.29, 0.717) is 18.5 Å². The minimum absolute atomic E-state index is 0.260. The molecule has 1 rings (SSSR count). The second-order valence-electron chi connectivity index (χ2n) is 3.17. The summed E-state index contributed by atoms with van der Waals surface area (Å²) < 4.78 is 14.1. The molecule has 78 valence electrons. The van der Waals surface area contributed by atoms with Gasteiger partial charge in [-0.25, -0.2) is 4.39 Å². The minimum Gasteiger partial charge on any atom is -0.330 e. The van der Waals surface area contributed by atoms with Crippen LogP contribution in [-0.4, -0.2) is 6.54 Å². The highest BCUT2D eigenvalue weighted by molar-refractivity contribution is 9.10. The number of hydrogen-bond donors (Lipinski definition) is 2. The van der Waals surface area contributed by atoms with Gasteiger partial charge in [0.1, 0.15) is 5.82 Å². The Bertz CT molecular complexity index is 284. The Balaban J connectivity index is 2.82. The summed E-state index contributed by atoms with van der Waals surface area (Å²) in [6.07, 6.45) is 1.51. The molecule has 1 aromatic rings. The number of halogens is 2.